The molecule has 0 bridgehead atoms. The topological polar surface area (TPSA) is 19.0 Å². The van der Waals surface area contributed by atoms with Gasteiger partial charge in [0.05, 0.1) is 19.3 Å². The van der Waals surface area contributed by atoms with Crippen LogP contribution in [0.1, 0.15) is 47.7 Å². The van der Waals surface area contributed by atoms with E-state index in [-0.39, 0.29) is 6.04 Å². The molecule has 1 unspecified atom stereocenters. The maximum atomic E-state index is 5.74. The van der Waals surface area contributed by atoms with Crippen molar-refractivity contribution in [3.8, 4) is 0 Å². The van der Waals surface area contributed by atoms with Crippen molar-refractivity contribution in [3.05, 3.63) is 131 Å². The molecule has 1 saturated heterocycles. The van der Waals surface area contributed by atoms with Crippen LogP contribution in [0.15, 0.2) is 103 Å². The van der Waals surface area contributed by atoms with E-state index in [1.807, 2.05) is 0 Å². The summed E-state index contributed by atoms with van der Waals surface area (Å²) >= 11 is 0. The quantitative estimate of drug-likeness (QED) is 0.199. The second-order valence-electron chi connectivity index (χ2n) is 10.7. The van der Waals surface area contributed by atoms with Crippen LogP contribution in [0, 0.1) is 6.92 Å². The summed E-state index contributed by atoms with van der Waals surface area (Å²) in [7, 11) is 0. The molecule has 0 amide bonds. The Kier molecular flexibility index (Phi) is 9.54. The van der Waals surface area contributed by atoms with Gasteiger partial charge in [-0.25, -0.2) is 0 Å². The molecule has 40 heavy (non-hydrogen) atoms. The fourth-order valence-electron chi connectivity index (χ4n) is 5.89. The van der Waals surface area contributed by atoms with E-state index in [0.717, 1.165) is 52.5 Å². The molecule has 0 N–H and O–H groups in total. The van der Waals surface area contributed by atoms with E-state index < -0.39 is 0 Å². The Morgan fingerprint density at radius 1 is 0.675 bits per heavy atom. The zero-order chi connectivity index (χ0) is 27.7. The highest BCUT2D eigenvalue weighted by Crippen LogP contribution is 2.34. The molecule has 208 valence electrons. The summed E-state index contributed by atoms with van der Waals surface area (Å²) in [4.78, 5) is 7.48. The first-order valence-corrected chi connectivity index (χ1v) is 14.8. The van der Waals surface area contributed by atoms with E-state index >= 15 is 0 Å². The predicted molar refractivity (Wildman–Crippen MR) is 168 cm³/mol. The molecule has 1 atom stereocenters. The van der Waals surface area contributed by atoms with E-state index in [4.69, 9.17) is 4.74 Å². The fourth-order valence-corrected chi connectivity index (χ4v) is 5.89. The first kappa shape index (κ1) is 27.9. The maximum absolute atomic E-state index is 5.74. The first-order valence-electron chi connectivity index (χ1n) is 14.8. The third-order valence-electron chi connectivity index (χ3n) is 8.09. The van der Waals surface area contributed by atoms with Gasteiger partial charge in [0, 0.05) is 50.6 Å². The van der Waals surface area contributed by atoms with Crippen LogP contribution in [-0.2, 0) is 17.8 Å². The average molecular weight is 534 g/mol. The summed E-state index contributed by atoms with van der Waals surface area (Å²) in [5.41, 5.74) is 9.25. The van der Waals surface area contributed by atoms with Gasteiger partial charge in [-0.3, -0.25) is 4.90 Å². The lowest BCUT2D eigenvalue weighted by atomic mass is 9.92. The van der Waals surface area contributed by atoms with E-state index in [0.29, 0.717) is 0 Å². The Labute approximate surface area is 240 Å². The Bertz CT molecular complexity index is 1270. The number of nitrogens with zero attached hydrogens (tertiary/aromatic N) is 3. The van der Waals surface area contributed by atoms with Crippen LogP contribution in [0.4, 0.5) is 11.4 Å². The van der Waals surface area contributed by atoms with Gasteiger partial charge in [-0.1, -0.05) is 78.9 Å². The Morgan fingerprint density at radius 3 is 1.75 bits per heavy atom. The van der Waals surface area contributed by atoms with Gasteiger partial charge in [0.15, 0.2) is 0 Å². The molecule has 1 aliphatic heterocycles. The van der Waals surface area contributed by atoms with Gasteiger partial charge in [0.25, 0.3) is 0 Å². The average Bonchev–Trinajstić information content (AvgIpc) is 3.01. The van der Waals surface area contributed by atoms with Crippen molar-refractivity contribution in [1.82, 2.24) is 4.90 Å². The highest BCUT2D eigenvalue weighted by atomic mass is 16.5. The van der Waals surface area contributed by atoms with Crippen molar-refractivity contribution in [2.24, 2.45) is 0 Å². The fraction of sp³-hybridized carbons (Fsp3) is 0.333. The molecule has 0 radical (unpaired) electrons. The molecule has 0 aliphatic carbocycles. The second-order valence-corrected chi connectivity index (χ2v) is 10.7. The zero-order valence-electron chi connectivity index (χ0n) is 24.3. The minimum atomic E-state index is 0.209. The molecule has 1 fully saturated rings. The van der Waals surface area contributed by atoms with Crippen LogP contribution in [0.5, 0.6) is 0 Å². The largest absolute Gasteiger partial charge is 0.379 e. The van der Waals surface area contributed by atoms with Crippen molar-refractivity contribution in [2.45, 2.75) is 39.9 Å². The molecule has 0 aromatic heterocycles. The molecule has 0 spiro atoms. The Hall–Kier alpha value is -3.60. The van der Waals surface area contributed by atoms with Crippen molar-refractivity contribution >= 4 is 11.4 Å². The van der Waals surface area contributed by atoms with Crippen molar-refractivity contribution in [1.29, 1.82) is 0 Å². The van der Waals surface area contributed by atoms with E-state index in [9.17, 15) is 0 Å². The third kappa shape index (κ3) is 6.75. The van der Waals surface area contributed by atoms with Crippen LogP contribution in [0.25, 0.3) is 0 Å². The van der Waals surface area contributed by atoms with Crippen LogP contribution < -0.4 is 9.80 Å². The molecule has 4 aromatic rings. The van der Waals surface area contributed by atoms with Gasteiger partial charge < -0.3 is 14.5 Å². The summed E-state index contributed by atoms with van der Waals surface area (Å²) in [6.45, 7) is 14.0. The number of aryl methyl sites for hydroxylation is 1. The molecular formula is C36H43N3O. The lowest BCUT2D eigenvalue weighted by Gasteiger charge is -2.36. The number of hydrogen-bond acceptors (Lipinski definition) is 4. The molecule has 1 aliphatic rings. The summed E-state index contributed by atoms with van der Waals surface area (Å²) < 4.78 is 5.74. The summed E-state index contributed by atoms with van der Waals surface area (Å²) in [5, 5.41) is 0. The predicted octanol–water partition coefficient (Wildman–Crippen LogP) is 7.47. The first-order chi connectivity index (χ1) is 19.7. The van der Waals surface area contributed by atoms with E-state index in [2.05, 4.69) is 139 Å². The van der Waals surface area contributed by atoms with Crippen LogP contribution in [-0.4, -0.2) is 44.3 Å². The van der Waals surface area contributed by atoms with Gasteiger partial charge in [-0.2, -0.15) is 0 Å². The zero-order valence-corrected chi connectivity index (χ0v) is 24.3. The summed E-state index contributed by atoms with van der Waals surface area (Å²) in [5.74, 6) is 0. The smallest absolute Gasteiger partial charge is 0.0606 e. The lowest BCUT2D eigenvalue weighted by molar-refractivity contribution is 0.0238. The van der Waals surface area contributed by atoms with Gasteiger partial charge in [0.1, 0.15) is 0 Å². The Morgan fingerprint density at radius 2 is 1.23 bits per heavy atom. The molecule has 1 heterocycles. The van der Waals surface area contributed by atoms with Gasteiger partial charge >= 0.3 is 0 Å². The maximum Gasteiger partial charge on any atom is 0.0606 e. The van der Waals surface area contributed by atoms with Crippen molar-refractivity contribution < 1.29 is 4.74 Å². The number of ether oxygens (including phenoxy) is 1. The van der Waals surface area contributed by atoms with Crippen molar-refractivity contribution in [2.75, 3.05) is 49.2 Å². The minimum absolute atomic E-state index is 0.209. The number of hydrogen-bond donors (Lipinski definition) is 0. The van der Waals surface area contributed by atoms with Gasteiger partial charge in [-0.15, -0.1) is 0 Å². The van der Waals surface area contributed by atoms with Crippen LogP contribution >= 0.6 is 0 Å². The highest BCUT2D eigenvalue weighted by Gasteiger charge is 2.26. The van der Waals surface area contributed by atoms with Crippen molar-refractivity contribution in [3.63, 3.8) is 0 Å². The highest BCUT2D eigenvalue weighted by molar-refractivity contribution is 5.54. The van der Waals surface area contributed by atoms with E-state index in [1.54, 1.807) is 0 Å². The molecule has 4 heteroatoms. The van der Waals surface area contributed by atoms with Gasteiger partial charge in [-0.05, 0) is 72.9 Å². The van der Waals surface area contributed by atoms with Gasteiger partial charge in [0.2, 0.25) is 0 Å². The standard InChI is InChI=1S/C36H43N3O/c1-4-37(5-2)34-20-21-35(29(3)26-34)36(38-22-24-40-25-23-38)32-16-18-33(19-17-32)39(27-30-12-8-6-9-13-30)28-31-14-10-7-11-15-31/h6-21,26,36H,4-5,22-25,27-28H2,1-3H3. The van der Waals surface area contributed by atoms with E-state index in [1.165, 1.54) is 39.2 Å². The second kappa shape index (κ2) is 13.6. The number of morpholine rings is 1. The molecular weight excluding hydrogens is 490 g/mol. The lowest BCUT2D eigenvalue weighted by Crippen LogP contribution is -2.39. The molecule has 4 nitrogen and oxygen atoms in total. The number of benzene rings is 4. The monoisotopic (exact) mass is 533 g/mol. The van der Waals surface area contributed by atoms with Crippen LogP contribution in [0.2, 0.25) is 0 Å². The SMILES string of the molecule is CCN(CC)c1ccc(C(c2ccc(N(Cc3ccccc3)Cc3ccccc3)cc2)N2CCOCC2)c(C)c1. The minimum Gasteiger partial charge on any atom is -0.379 e. The molecule has 4 aromatic carbocycles. The number of rotatable bonds is 11. The normalized spacial score (nSPS) is 14.6. The number of anilines is 2. The Balaban J connectivity index is 1.46. The summed E-state index contributed by atoms with van der Waals surface area (Å²) in [6.07, 6.45) is 0. The molecule has 0 saturated carbocycles. The van der Waals surface area contributed by atoms with Crippen LogP contribution in [0.3, 0.4) is 0 Å². The molecule has 5 rings (SSSR count). The summed E-state index contributed by atoms with van der Waals surface area (Å²) in [6, 6.07) is 38.1. The third-order valence-corrected chi connectivity index (χ3v) is 8.09.